The molecule has 1 aliphatic carbocycles. The number of rotatable bonds is 7. The maximum absolute atomic E-state index is 12.8. The summed E-state index contributed by atoms with van der Waals surface area (Å²) in [5.41, 5.74) is 2.59. The largest absolute Gasteiger partial charge is 0.379 e. The van der Waals surface area contributed by atoms with Crippen molar-refractivity contribution >= 4 is 35.0 Å². The molecule has 0 unspecified atom stereocenters. The van der Waals surface area contributed by atoms with Gasteiger partial charge in [0.05, 0.1) is 29.7 Å². The predicted octanol–water partition coefficient (Wildman–Crippen LogP) is 2.84. The quantitative estimate of drug-likeness (QED) is 0.503. The van der Waals surface area contributed by atoms with E-state index in [2.05, 4.69) is 15.2 Å². The van der Waals surface area contributed by atoms with E-state index in [4.69, 9.17) is 16.3 Å². The fraction of sp³-hybridized carbons (Fsp3) is 0.500. The number of carbonyl (C=O) groups excluding carboxylic acids is 1. The van der Waals surface area contributed by atoms with Crippen LogP contribution in [-0.2, 0) is 28.9 Å². The Morgan fingerprint density at radius 1 is 1.16 bits per heavy atom. The van der Waals surface area contributed by atoms with Crippen LogP contribution in [0.25, 0.3) is 0 Å². The smallest absolute Gasteiger partial charge is 0.348 e. The highest BCUT2D eigenvalue weighted by atomic mass is 35.5. The number of ether oxygens (including phenoxy) is 1. The number of carbonyl (C=O) groups is 1. The number of nitrogens with zero attached hydrogens (tertiary/aromatic N) is 3. The van der Waals surface area contributed by atoms with E-state index in [0.29, 0.717) is 22.3 Å². The average Bonchev–Trinajstić information content (AvgIpc) is 2.79. The maximum atomic E-state index is 12.8. The van der Waals surface area contributed by atoms with Crippen LogP contribution >= 0.6 is 23.4 Å². The molecule has 1 aromatic carbocycles. The van der Waals surface area contributed by atoms with E-state index < -0.39 is 0 Å². The van der Waals surface area contributed by atoms with Crippen LogP contribution in [-0.4, -0.2) is 59.0 Å². The summed E-state index contributed by atoms with van der Waals surface area (Å²) in [5, 5.41) is 4.02. The van der Waals surface area contributed by atoms with Gasteiger partial charge in [0.15, 0.2) is 0 Å². The van der Waals surface area contributed by atoms with Gasteiger partial charge in [0.25, 0.3) is 0 Å². The molecule has 2 aromatic rings. The van der Waals surface area contributed by atoms with Gasteiger partial charge in [0.1, 0.15) is 5.03 Å². The number of morpholine rings is 1. The Kier molecular flexibility index (Phi) is 7.66. The van der Waals surface area contributed by atoms with Gasteiger partial charge in [-0.05, 0) is 37.8 Å². The first-order valence-corrected chi connectivity index (χ1v) is 12.1. The van der Waals surface area contributed by atoms with Crippen molar-refractivity contribution in [1.82, 2.24) is 14.5 Å². The first kappa shape index (κ1) is 22.3. The lowest BCUT2D eigenvalue weighted by Gasteiger charge is -2.28. The highest BCUT2D eigenvalue weighted by Crippen LogP contribution is 2.29. The minimum atomic E-state index is -0.220. The van der Waals surface area contributed by atoms with Crippen LogP contribution in [0.2, 0.25) is 5.02 Å². The van der Waals surface area contributed by atoms with Gasteiger partial charge in [-0.3, -0.25) is 14.3 Å². The highest BCUT2D eigenvalue weighted by molar-refractivity contribution is 8.00. The van der Waals surface area contributed by atoms with E-state index in [1.807, 2.05) is 16.7 Å². The number of halogens is 1. The topological polar surface area (TPSA) is 76.5 Å². The van der Waals surface area contributed by atoms with Gasteiger partial charge in [-0.2, -0.15) is 4.98 Å². The van der Waals surface area contributed by atoms with Crippen molar-refractivity contribution in [2.75, 3.05) is 43.9 Å². The van der Waals surface area contributed by atoms with Gasteiger partial charge < -0.3 is 10.1 Å². The second-order valence-electron chi connectivity index (χ2n) is 7.75. The lowest BCUT2D eigenvalue weighted by atomic mass is 9.97. The standard InChI is InChI=1S/C22H27ClN4O3S/c23-17-6-2-3-7-18(17)24-20(28)15-31-21-16-5-1-4-8-19(16)27(22(29)25-21)10-9-26-11-13-30-14-12-26/h2-3,6-7H,1,4-5,8-15H2,(H,24,28). The molecule has 1 amide bonds. The molecule has 31 heavy (non-hydrogen) atoms. The third-order valence-electron chi connectivity index (χ3n) is 5.68. The van der Waals surface area contributed by atoms with Crippen molar-refractivity contribution < 1.29 is 9.53 Å². The van der Waals surface area contributed by atoms with Crippen LogP contribution in [0.4, 0.5) is 5.69 Å². The van der Waals surface area contributed by atoms with Crippen molar-refractivity contribution in [3.63, 3.8) is 0 Å². The van der Waals surface area contributed by atoms with Crippen LogP contribution in [0, 0.1) is 0 Å². The SMILES string of the molecule is O=C(CSc1nc(=O)n(CCN2CCOCC2)c2c1CCCC2)Nc1ccccc1Cl. The summed E-state index contributed by atoms with van der Waals surface area (Å²) in [6.45, 7) is 4.77. The van der Waals surface area contributed by atoms with E-state index in [-0.39, 0.29) is 17.3 Å². The Balaban J connectivity index is 1.45. The van der Waals surface area contributed by atoms with Gasteiger partial charge >= 0.3 is 5.69 Å². The predicted molar refractivity (Wildman–Crippen MR) is 123 cm³/mol. The van der Waals surface area contributed by atoms with E-state index in [0.717, 1.165) is 69.8 Å². The molecule has 2 aliphatic rings. The monoisotopic (exact) mass is 462 g/mol. The molecular weight excluding hydrogens is 436 g/mol. The summed E-state index contributed by atoms with van der Waals surface area (Å²) in [6, 6.07) is 7.14. The van der Waals surface area contributed by atoms with Crippen LogP contribution < -0.4 is 11.0 Å². The molecule has 0 spiro atoms. The summed E-state index contributed by atoms with van der Waals surface area (Å²) in [4.78, 5) is 32.0. The molecular formula is C22H27ClN4O3S. The normalized spacial score (nSPS) is 16.7. The summed E-state index contributed by atoms with van der Waals surface area (Å²) < 4.78 is 7.25. The zero-order valence-electron chi connectivity index (χ0n) is 17.4. The van der Waals surface area contributed by atoms with Gasteiger partial charge in [-0.25, -0.2) is 4.79 Å². The van der Waals surface area contributed by atoms with Crippen LogP contribution in [0.3, 0.4) is 0 Å². The first-order chi connectivity index (χ1) is 15.1. The molecule has 4 rings (SSSR count). The fourth-order valence-electron chi connectivity index (χ4n) is 4.05. The summed E-state index contributed by atoms with van der Waals surface area (Å²) in [5.74, 6) is 0.0167. The van der Waals surface area contributed by atoms with Crippen molar-refractivity contribution in [3.8, 4) is 0 Å². The average molecular weight is 463 g/mol. The molecule has 0 radical (unpaired) electrons. The summed E-state index contributed by atoms with van der Waals surface area (Å²) >= 11 is 7.45. The Hall–Kier alpha value is -1.87. The zero-order chi connectivity index (χ0) is 21.6. The van der Waals surface area contributed by atoms with Crippen molar-refractivity contribution in [2.45, 2.75) is 37.3 Å². The number of nitrogens with one attached hydrogen (secondary N) is 1. The van der Waals surface area contributed by atoms with Crippen LogP contribution in [0.5, 0.6) is 0 Å². The first-order valence-electron chi connectivity index (χ1n) is 10.7. The Bertz CT molecular complexity index is 991. The molecule has 1 saturated heterocycles. The zero-order valence-corrected chi connectivity index (χ0v) is 19.0. The number of anilines is 1. The van der Waals surface area contributed by atoms with E-state index >= 15 is 0 Å². The highest BCUT2D eigenvalue weighted by Gasteiger charge is 2.22. The molecule has 166 valence electrons. The van der Waals surface area contributed by atoms with Crippen molar-refractivity contribution in [3.05, 3.63) is 51.0 Å². The molecule has 1 N–H and O–H groups in total. The second-order valence-corrected chi connectivity index (χ2v) is 9.13. The Labute approximate surface area is 191 Å². The lowest BCUT2D eigenvalue weighted by molar-refractivity contribution is -0.113. The van der Waals surface area contributed by atoms with E-state index in [9.17, 15) is 9.59 Å². The third-order valence-corrected chi connectivity index (χ3v) is 7.03. The van der Waals surface area contributed by atoms with Crippen LogP contribution in [0.15, 0.2) is 34.1 Å². The minimum Gasteiger partial charge on any atom is -0.379 e. The molecule has 0 saturated carbocycles. The second kappa shape index (κ2) is 10.6. The number of para-hydroxylation sites is 1. The van der Waals surface area contributed by atoms with Gasteiger partial charge in [0, 0.05) is 37.4 Å². The van der Waals surface area contributed by atoms with Gasteiger partial charge in [0.2, 0.25) is 5.91 Å². The van der Waals surface area contributed by atoms with Gasteiger partial charge in [-0.1, -0.05) is 35.5 Å². The number of amides is 1. The molecule has 9 heteroatoms. The third kappa shape index (κ3) is 5.68. The fourth-order valence-corrected chi connectivity index (χ4v) is 5.11. The van der Waals surface area contributed by atoms with Gasteiger partial charge in [-0.15, -0.1) is 0 Å². The molecule has 1 aliphatic heterocycles. The number of fused-ring (bicyclic) bond motifs is 1. The summed E-state index contributed by atoms with van der Waals surface area (Å²) in [7, 11) is 0. The molecule has 1 fully saturated rings. The number of hydrogen-bond donors (Lipinski definition) is 1. The molecule has 1 aromatic heterocycles. The Morgan fingerprint density at radius 3 is 2.74 bits per heavy atom. The van der Waals surface area contributed by atoms with E-state index in [1.165, 1.54) is 11.8 Å². The number of benzene rings is 1. The summed E-state index contributed by atoms with van der Waals surface area (Å²) in [6.07, 6.45) is 3.94. The molecule has 0 atom stereocenters. The van der Waals surface area contributed by atoms with Crippen LogP contribution in [0.1, 0.15) is 24.1 Å². The number of aromatic nitrogens is 2. The number of thioether (sulfide) groups is 1. The molecule has 0 bridgehead atoms. The minimum absolute atomic E-state index is 0.166. The number of hydrogen-bond acceptors (Lipinski definition) is 6. The van der Waals surface area contributed by atoms with Crippen molar-refractivity contribution in [2.24, 2.45) is 0 Å². The molecule has 7 nitrogen and oxygen atoms in total. The van der Waals surface area contributed by atoms with Crippen molar-refractivity contribution in [1.29, 1.82) is 0 Å². The maximum Gasteiger partial charge on any atom is 0.348 e. The lowest BCUT2D eigenvalue weighted by Crippen LogP contribution is -2.40. The Morgan fingerprint density at radius 2 is 1.94 bits per heavy atom. The molecule has 2 heterocycles. The van der Waals surface area contributed by atoms with E-state index in [1.54, 1.807) is 12.1 Å².